The van der Waals surface area contributed by atoms with E-state index in [0.717, 1.165) is 21.2 Å². The molecular weight excluding hydrogens is 458 g/mol. The molecule has 0 spiro atoms. The van der Waals surface area contributed by atoms with Crippen LogP contribution in [0.5, 0.6) is 0 Å². The second kappa shape index (κ2) is 8.93. The summed E-state index contributed by atoms with van der Waals surface area (Å²) in [6.07, 6.45) is -0.0978. The van der Waals surface area contributed by atoms with E-state index in [9.17, 15) is 13.2 Å². The molecule has 0 bridgehead atoms. The zero-order valence-corrected chi connectivity index (χ0v) is 18.7. The van der Waals surface area contributed by atoms with Crippen molar-refractivity contribution < 1.29 is 17.9 Å². The molecule has 2 aromatic rings. The summed E-state index contributed by atoms with van der Waals surface area (Å²) in [6, 6.07) is 10.8. The van der Waals surface area contributed by atoms with Crippen LogP contribution in [0.1, 0.15) is 22.8 Å². The second-order valence-electron chi connectivity index (χ2n) is 7.15. The van der Waals surface area contributed by atoms with Crippen LogP contribution in [-0.4, -0.2) is 45.5 Å². The first kappa shape index (κ1) is 21.9. The van der Waals surface area contributed by atoms with Crippen molar-refractivity contribution in [2.24, 2.45) is 5.14 Å². The number of rotatable bonds is 5. The zero-order chi connectivity index (χ0) is 21.2. The van der Waals surface area contributed by atoms with Crippen LogP contribution in [0.25, 0.3) is 0 Å². The predicted octanol–water partition coefficient (Wildman–Crippen LogP) is 2.73. The number of carbonyl (C=O) groups is 1. The van der Waals surface area contributed by atoms with Gasteiger partial charge in [0.2, 0.25) is 15.9 Å². The summed E-state index contributed by atoms with van der Waals surface area (Å²) in [5.74, 6) is -0.212. The first-order chi connectivity index (χ1) is 13.6. The SMILES string of the molecule is Cc1cc(S(N)(=O)=O)cc(NC(=O)CN2CCOC(c3ccc(Br)cc3)C2)c1C. The molecule has 1 aliphatic rings. The van der Waals surface area contributed by atoms with Crippen molar-refractivity contribution in [3.05, 3.63) is 57.6 Å². The summed E-state index contributed by atoms with van der Waals surface area (Å²) in [6.45, 7) is 5.59. The van der Waals surface area contributed by atoms with Crippen LogP contribution in [0.4, 0.5) is 5.69 Å². The number of aryl methyl sites for hydroxylation is 1. The number of primary sulfonamides is 1. The highest BCUT2D eigenvalue weighted by Crippen LogP contribution is 2.25. The Morgan fingerprint density at radius 2 is 1.97 bits per heavy atom. The largest absolute Gasteiger partial charge is 0.371 e. The number of anilines is 1. The zero-order valence-electron chi connectivity index (χ0n) is 16.3. The average molecular weight is 482 g/mol. The van der Waals surface area contributed by atoms with Crippen LogP contribution in [0.3, 0.4) is 0 Å². The number of nitrogens with zero attached hydrogens (tertiary/aromatic N) is 1. The first-order valence-electron chi connectivity index (χ1n) is 9.17. The Morgan fingerprint density at radius 1 is 1.28 bits per heavy atom. The first-order valence-corrected chi connectivity index (χ1v) is 11.5. The highest BCUT2D eigenvalue weighted by molar-refractivity contribution is 9.10. The monoisotopic (exact) mass is 481 g/mol. The molecule has 1 heterocycles. The molecule has 9 heteroatoms. The fourth-order valence-electron chi connectivity index (χ4n) is 3.24. The standard InChI is InChI=1S/C20H24BrN3O4S/c1-13-9-17(29(22,26)27)10-18(14(13)2)23-20(25)12-24-7-8-28-19(11-24)15-3-5-16(21)6-4-15/h3-6,9-10,19H,7-8,11-12H2,1-2H3,(H,23,25)(H2,22,26,27). The third-order valence-corrected chi connectivity index (χ3v) is 6.42. The van der Waals surface area contributed by atoms with Gasteiger partial charge in [0.05, 0.1) is 24.2 Å². The predicted molar refractivity (Wildman–Crippen MR) is 115 cm³/mol. The Bertz CT molecular complexity index is 1010. The lowest BCUT2D eigenvalue weighted by atomic mass is 10.1. The number of nitrogens with two attached hydrogens (primary N) is 1. The third-order valence-electron chi connectivity index (χ3n) is 5.00. The minimum Gasteiger partial charge on any atom is -0.371 e. The van der Waals surface area contributed by atoms with E-state index in [0.29, 0.717) is 25.4 Å². The minimum absolute atomic E-state index is 0.0161. The van der Waals surface area contributed by atoms with Gasteiger partial charge in [-0.05, 0) is 54.8 Å². The van der Waals surface area contributed by atoms with E-state index in [1.807, 2.05) is 36.1 Å². The average Bonchev–Trinajstić information content (AvgIpc) is 2.65. The smallest absolute Gasteiger partial charge is 0.238 e. The van der Waals surface area contributed by atoms with Crippen LogP contribution < -0.4 is 10.5 Å². The maximum Gasteiger partial charge on any atom is 0.238 e. The van der Waals surface area contributed by atoms with Gasteiger partial charge in [-0.3, -0.25) is 9.69 Å². The van der Waals surface area contributed by atoms with E-state index in [2.05, 4.69) is 21.2 Å². The van der Waals surface area contributed by atoms with Crippen LogP contribution in [0.15, 0.2) is 45.8 Å². The van der Waals surface area contributed by atoms with Crippen molar-refractivity contribution in [2.45, 2.75) is 24.8 Å². The van der Waals surface area contributed by atoms with E-state index in [1.54, 1.807) is 6.92 Å². The number of sulfonamides is 1. The van der Waals surface area contributed by atoms with E-state index in [4.69, 9.17) is 9.88 Å². The molecule has 0 aromatic heterocycles. The van der Waals surface area contributed by atoms with E-state index in [1.165, 1.54) is 12.1 Å². The molecule has 29 heavy (non-hydrogen) atoms. The summed E-state index contributed by atoms with van der Waals surface area (Å²) in [5, 5.41) is 8.06. The van der Waals surface area contributed by atoms with Crippen LogP contribution >= 0.6 is 15.9 Å². The van der Waals surface area contributed by atoms with Gasteiger partial charge in [0.15, 0.2) is 0 Å². The number of hydrogen-bond acceptors (Lipinski definition) is 5. The third kappa shape index (κ3) is 5.64. The van der Waals surface area contributed by atoms with E-state index in [-0.39, 0.29) is 23.5 Å². The van der Waals surface area contributed by atoms with Crippen molar-refractivity contribution in [1.82, 2.24) is 4.90 Å². The van der Waals surface area contributed by atoms with Crippen LogP contribution in [0.2, 0.25) is 0 Å². The number of ether oxygens (including phenoxy) is 1. The molecule has 2 aromatic carbocycles. The summed E-state index contributed by atoms with van der Waals surface area (Å²) in [5.41, 5.74) is 3.07. The molecule has 156 valence electrons. The molecule has 3 N–H and O–H groups in total. The topological polar surface area (TPSA) is 102 Å². The lowest BCUT2D eigenvalue weighted by Crippen LogP contribution is -2.42. The lowest BCUT2D eigenvalue weighted by Gasteiger charge is -2.32. The molecule has 1 amide bonds. The molecule has 1 aliphatic heterocycles. The summed E-state index contributed by atoms with van der Waals surface area (Å²) < 4.78 is 30.2. The van der Waals surface area contributed by atoms with Gasteiger partial charge in [-0.2, -0.15) is 0 Å². The van der Waals surface area contributed by atoms with Crippen molar-refractivity contribution in [2.75, 3.05) is 31.6 Å². The van der Waals surface area contributed by atoms with Crippen molar-refractivity contribution in [1.29, 1.82) is 0 Å². The quantitative estimate of drug-likeness (QED) is 0.683. The second-order valence-corrected chi connectivity index (χ2v) is 9.63. The molecule has 0 saturated carbocycles. The fraction of sp³-hybridized carbons (Fsp3) is 0.350. The molecule has 0 radical (unpaired) electrons. The molecule has 1 unspecified atom stereocenters. The number of morpholine rings is 1. The lowest BCUT2D eigenvalue weighted by molar-refractivity contribution is -0.119. The van der Waals surface area contributed by atoms with Gasteiger partial charge in [-0.1, -0.05) is 28.1 Å². The van der Waals surface area contributed by atoms with Gasteiger partial charge in [-0.15, -0.1) is 0 Å². The Balaban J connectivity index is 1.68. The molecule has 1 atom stereocenters. The maximum absolute atomic E-state index is 12.6. The molecule has 1 fully saturated rings. The number of halogens is 1. The van der Waals surface area contributed by atoms with Gasteiger partial charge in [0.1, 0.15) is 0 Å². The number of nitrogens with one attached hydrogen (secondary N) is 1. The Hall–Kier alpha value is -1.78. The Kier molecular flexibility index (Phi) is 6.75. The van der Waals surface area contributed by atoms with Crippen LogP contribution in [0, 0.1) is 13.8 Å². The van der Waals surface area contributed by atoms with E-state index >= 15 is 0 Å². The number of carbonyl (C=O) groups excluding carboxylic acids is 1. The molecular formula is C20H24BrN3O4S. The highest BCUT2D eigenvalue weighted by atomic mass is 79.9. The highest BCUT2D eigenvalue weighted by Gasteiger charge is 2.24. The maximum atomic E-state index is 12.6. The summed E-state index contributed by atoms with van der Waals surface area (Å²) in [7, 11) is -3.85. The van der Waals surface area contributed by atoms with E-state index < -0.39 is 10.0 Å². The number of benzene rings is 2. The van der Waals surface area contributed by atoms with Gasteiger partial charge in [-0.25, -0.2) is 13.6 Å². The minimum atomic E-state index is -3.85. The summed E-state index contributed by atoms with van der Waals surface area (Å²) >= 11 is 3.42. The Labute approximate surface area is 179 Å². The molecule has 0 aliphatic carbocycles. The van der Waals surface area contributed by atoms with Crippen molar-refractivity contribution >= 4 is 37.5 Å². The number of amides is 1. The Morgan fingerprint density at radius 3 is 2.62 bits per heavy atom. The number of hydrogen-bond donors (Lipinski definition) is 2. The van der Waals surface area contributed by atoms with Gasteiger partial charge < -0.3 is 10.1 Å². The van der Waals surface area contributed by atoms with Gasteiger partial charge in [0.25, 0.3) is 0 Å². The molecule has 7 nitrogen and oxygen atoms in total. The van der Waals surface area contributed by atoms with Crippen molar-refractivity contribution in [3.63, 3.8) is 0 Å². The fourth-order valence-corrected chi connectivity index (χ4v) is 4.13. The van der Waals surface area contributed by atoms with Gasteiger partial charge >= 0.3 is 0 Å². The van der Waals surface area contributed by atoms with Gasteiger partial charge in [0, 0.05) is 23.2 Å². The van der Waals surface area contributed by atoms with Crippen LogP contribution in [-0.2, 0) is 19.6 Å². The molecule has 1 saturated heterocycles. The molecule has 3 rings (SSSR count). The normalized spacial score (nSPS) is 17.9. The van der Waals surface area contributed by atoms with Crippen molar-refractivity contribution in [3.8, 4) is 0 Å². The summed E-state index contributed by atoms with van der Waals surface area (Å²) in [4.78, 5) is 14.6.